The van der Waals surface area contributed by atoms with Gasteiger partial charge in [-0.15, -0.1) is 0 Å². The highest BCUT2D eigenvalue weighted by Crippen LogP contribution is 2.44. The molecule has 0 spiro atoms. The Labute approximate surface area is 190 Å². The molecule has 2 aromatic heterocycles. The number of aliphatic hydroxyl groups is 1. The number of rotatable bonds is 4. The molecular weight excluding hydrogens is 455 g/mol. The molecule has 0 aliphatic carbocycles. The lowest BCUT2D eigenvalue weighted by molar-refractivity contribution is -0.117. The van der Waals surface area contributed by atoms with Crippen LogP contribution < -0.4 is 4.90 Å². The molecule has 0 radical (unpaired) electrons. The van der Waals surface area contributed by atoms with E-state index in [0.29, 0.717) is 26.6 Å². The number of anilines is 1. The molecule has 1 aliphatic rings. The van der Waals surface area contributed by atoms with Gasteiger partial charge in [-0.25, -0.2) is 9.37 Å². The van der Waals surface area contributed by atoms with Gasteiger partial charge in [0.25, 0.3) is 5.91 Å². The number of hydrogen-bond donors (Lipinski definition) is 1. The molecule has 1 aliphatic heterocycles. The Morgan fingerprint density at radius 3 is 2.62 bits per heavy atom. The Hall–Kier alpha value is -3.49. The zero-order chi connectivity index (χ0) is 22.6. The second-order valence-corrected chi connectivity index (χ2v) is 8.68. The maximum absolute atomic E-state index is 13.7. The SMILES string of the molecule is Cc1ccc(C(=O)C2=C(O)C(=O)N(c3nc4ccc(F)cc4s3)[C@H]2c2ccc(Cl)cc2)o1. The molecule has 2 aromatic carbocycles. The number of carbonyl (C=O) groups is 2. The summed E-state index contributed by atoms with van der Waals surface area (Å²) in [5.74, 6) is -1.99. The molecule has 6 nitrogen and oxygen atoms in total. The minimum absolute atomic E-state index is 0.00374. The molecule has 0 saturated heterocycles. The van der Waals surface area contributed by atoms with Crippen LogP contribution in [0, 0.1) is 12.7 Å². The van der Waals surface area contributed by atoms with E-state index < -0.39 is 29.3 Å². The fourth-order valence-electron chi connectivity index (χ4n) is 3.67. The van der Waals surface area contributed by atoms with E-state index in [2.05, 4.69) is 4.98 Å². The standard InChI is InChI=1S/C23H14ClFN2O4S/c1-11-2-9-16(31-11)20(28)18-19(12-3-5-13(24)6-4-12)27(22(30)21(18)29)23-26-15-8-7-14(25)10-17(15)32-23/h2-10,19,29H,1H3/t19-/m0/s1. The van der Waals surface area contributed by atoms with Gasteiger partial charge in [0.05, 0.1) is 21.8 Å². The Morgan fingerprint density at radius 1 is 1.19 bits per heavy atom. The van der Waals surface area contributed by atoms with Crippen LogP contribution in [-0.2, 0) is 4.79 Å². The minimum Gasteiger partial charge on any atom is -0.503 e. The van der Waals surface area contributed by atoms with Crippen LogP contribution in [0.3, 0.4) is 0 Å². The van der Waals surface area contributed by atoms with E-state index in [1.807, 2.05) is 0 Å². The number of fused-ring (bicyclic) bond motifs is 1. The lowest BCUT2D eigenvalue weighted by atomic mass is 9.95. The van der Waals surface area contributed by atoms with Gasteiger partial charge in [-0.05, 0) is 55.0 Å². The zero-order valence-electron chi connectivity index (χ0n) is 16.5. The Kier molecular flexibility index (Phi) is 4.83. The lowest BCUT2D eigenvalue weighted by Gasteiger charge is -2.24. The number of carbonyl (C=O) groups excluding carboxylic acids is 2. The summed E-state index contributed by atoms with van der Waals surface area (Å²) in [5, 5.41) is 11.4. The van der Waals surface area contributed by atoms with Crippen LogP contribution in [0.15, 0.2) is 70.3 Å². The number of hydrogen-bond acceptors (Lipinski definition) is 6. The van der Waals surface area contributed by atoms with Gasteiger partial charge < -0.3 is 9.52 Å². The molecule has 0 saturated carbocycles. The highest BCUT2D eigenvalue weighted by Gasteiger charge is 2.46. The number of furan rings is 1. The number of aromatic nitrogens is 1. The number of thiazole rings is 1. The normalized spacial score (nSPS) is 16.4. The van der Waals surface area contributed by atoms with Gasteiger partial charge in [-0.1, -0.05) is 35.1 Å². The van der Waals surface area contributed by atoms with E-state index in [4.69, 9.17) is 16.0 Å². The van der Waals surface area contributed by atoms with Crippen LogP contribution in [0.25, 0.3) is 10.2 Å². The first kappa shape index (κ1) is 20.4. The van der Waals surface area contributed by atoms with Crippen molar-refractivity contribution in [2.45, 2.75) is 13.0 Å². The predicted molar refractivity (Wildman–Crippen MR) is 119 cm³/mol. The van der Waals surface area contributed by atoms with Crippen molar-refractivity contribution in [2.75, 3.05) is 4.90 Å². The van der Waals surface area contributed by atoms with Crippen molar-refractivity contribution in [2.24, 2.45) is 0 Å². The van der Waals surface area contributed by atoms with Crippen molar-refractivity contribution in [1.82, 2.24) is 4.98 Å². The minimum atomic E-state index is -0.969. The van der Waals surface area contributed by atoms with E-state index in [0.717, 1.165) is 11.3 Å². The first-order chi connectivity index (χ1) is 15.3. The average molecular weight is 469 g/mol. The van der Waals surface area contributed by atoms with Crippen molar-refractivity contribution in [3.63, 3.8) is 0 Å². The number of halogens is 2. The molecule has 1 N–H and O–H groups in total. The molecule has 1 amide bonds. The first-order valence-electron chi connectivity index (χ1n) is 9.53. The molecule has 4 aromatic rings. The number of nitrogens with zero attached hydrogens (tertiary/aromatic N) is 2. The van der Waals surface area contributed by atoms with Crippen LogP contribution in [0.1, 0.15) is 27.9 Å². The van der Waals surface area contributed by atoms with Gasteiger partial charge >= 0.3 is 0 Å². The van der Waals surface area contributed by atoms with Gasteiger partial charge in [-0.3, -0.25) is 14.5 Å². The van der Waals surface area contributed by atoms with Gasteiger partial charge in [-0.2, -0.15) is 0 Å². The van der Waals surface area contributed by atoms with Crippen LogP contribution >= 0.6 is 22.9 Å². The molecule has 3 heterocycles. The van der Waals surface area contributed by atoms with Crippen molar-refractivity contribution >= 4 is 50.0 Å². The summed E-state index contributed by atoms with van der Waals surface area (Å²) in [6.07, 6.45) is 0. The smallest absolute Gasteiger partial charge is 0.296 e. The Morgan fingerprint density at radius 2 is 1.94 bits per heavy atom. The molecule has 0 bridgehead atoms. The fourth-order valence-corrected chi connectivity index (χ4v) is 4.82. The van der Waals surface area contributed by atoms with Crippen molar-refractivity contribution in [1.29, 1.82) is 0 Å². The predicted octanol–water partition coefficient (Wildman–Crippen LogP) is 5.77. The van der Waals surface area contributed by atoms with Crippen molar-refractivity contribution < 1.29 is 23.5 Å². The fraction of sp³-hybridized carbons (Fsp3) is 0.0870. The average Bonchev–Trinajstić information content (AvgIpc) is 3.44. The van der Waals surface area contributed by atoms with Crippen LogP contribution in [-0.4, -0.2) is 21.8 Å². The van der Waals surface area contributed by atoms with Gasteiger partial charge in [0.1, 0.15) is 11.6 Å². The third-order valence-corrected chi connectivity index (χ3v) is 6.42. The maximum atomic E-state index is 13.7. The first-order valence-corrected chi connectivity index (χ1v) is 10.7. The third kappa shape index (κ3) is 3.28. The molecule has 0 unspecified atom stereocenters. The molecule has 160 valence electrons. The summed E-state index contributed by atoms with van der Waals surface area (Å²) in [7, 11) is 0. The van der Waals surface area contributed by atoms with Crippen LogP contribution in [0.5, 0.6) is 0 Å². The second kappa shape index (κ2) is 7.58. The van der Waals surface area contributed by atoms with Crippen molar-refractivity contribution in [3.8, 4) is 0 Å². The van der Waals surface area contributed by atoms with E-state index in [1.165, 1.54) is 29.2 Å². The highest BCUT2D eigenvalue weighted by atomic mass is 35.5. The second-order valence-electron chi connectivity index (χ2n) is 7.24. The van der Waals surface area contributed by atoms with E-state index in [9.17, 15) is 19.1 Å². The third-order valence-electron chi connectivity index (χ3n) is 5.15. The summed E-state index contributed by atoms with van der Waals surface area (Å²) in [6.45, 7) is 1.69. The molecule has 0 fully saturated rings. The number of ketones is 1. The number of Topliss-reactive ketones (excluding diaryl/α,β-unsaturated/α-hetero) is 1. The summed E-state index contributed by atoms with van der Waals surface area (Å²) in [5.41, 5.74) is 0.913. The van der Waals surface area contributed by atoms with Gasteiger partial charge in [0, 0.05) is 5.02 Å². The molecule has 5 rings (SSSR count). The molecule has 32 heavy (non-hydrogen) atoms. The molecule has 9 heteroatoms. The van der Waals surface area contributed by atoms with Gasteiger partial charge in [0.2, 0.25) is 5.78 Å². The maximum Gasteiger partial charge on any atom is 0.296 e. The van der Waals surface area contributed by atoms with E-state index in [-0.39, 0.29) is 16.5 Å². The summed E-state index contributed by atoms with van der Waals surface area (Å²) in [4.78, 5) is 32.1. The Bertz CT molecular complexity index is 1420. The van der Waals surface area contributed by atoms with Gasteiger partial charge in [0.15, 0.2) is 16.7 Å². The largest absolute Gasteiger partial charge is 0.503 e. The lowest BCUT2D eigenvalue weighted by Crippen LogP contribution is -2.30. The zero-order valence-corrected chi connectivity index (χ0v) is 18.1. The summed E-state index contributed by atoms with van der Waals surface area (Å²) in [6, 6.07) is 12.8. The molecular formula is C23H14ClFN2O4S. The topological polar surface area (TPSA) is 83.6 Å². The molecule has 1 atom stereocenters. The highest BCUT2D eigenvalue weighted by molar-refractivity contribution is 7.22. The number of aryl methyl sites for hydroxylation is 1. The van der Waals surface area contributed by atoms with Crippen LogP contribution in [0.4, 0.5) is 9.52 Å². The number of aliphatic hydroxyl groups excluding tert-OH is 1. The van der Waals surface area contributed by atoms with E-state index in [1.54, 1.807) is 37.3 Å². The summed E-state index contributed by atoms with van der Waals surface area (Å²) >= 11 is 7.11. The van der Waals surface area contributed by atoms with E-state index >= 15 is 0 Å². The quantitative estimate of drug-likeness (QED) is 0.384. The summed E-state index contributed by atoms with van der Waals surface area (Å²) < 4.78 is 19.7. The number of amides is 1. The Balaban J connectivity index is 1.68. The van der Waals surface area contributed by atoms with Crippen molar-refractivity contribution in [3.05, 3.63) is 93.9 Å². The number of benzene rings is 2. The monoisotopic (exact) mass is 468 g/mol. The van der Waals surface area contributed by atoms with Crippen LogP contribution in [0.2, 0.25) is 5.02 Å².